The van der Waals surface area contributed by atoms with Crippen molar-refractivity contribution in [2.45, 2.75) is 24.3 Å². The Morgan fingerprint density at radius 2 is 1.95 bits per heavy atom. The molecule has 0 spiro atoms. The summed E-state index contributed by atoms with van der Waals surface area (Å²) in [6, 6.07) is 10.5. The third kappa shape index (κ3) is 6.54. The highest BCUT2D eigenvalue weighted by Gasteiger charge is 2.54. The largest absolute Gasteiger partial charge is 0.477 e. The Kier molecular flexibility index (Phi) is 8.94. The number of fused-ring (bicyclic) bond motifs is 1. The van der Waals surface area contributed by atoms with Crippen molar-refractivity contribution in [2.75, 3.05) is 17.3 Å². The van der Waals surface area contributed by atoms with Crippen LogP contribution in [0.5, 0.6) is 5.75 Å². The Morgan fingerprint density at radius 1 is 1.23 bits per heavy atom. The Hall–Kier alpha value is -4.11. The highest BCUT2D eigenvalue weighted by atomic mass is 32.2. The lowest BCUT2D eigenvalue weighted by atomic mass is 10.0. The van der Waals surface area contributed by atoms with Crippen LogP contribution in [0.25, 0.3) is 0 Å². The number of benzene rings is 2. The van der Waals surface area contributed by atoms with Gasteiger partial charge in [0, 0.05) is 34.1 Å². The lowest BCUT2D eigenvalue weighted by Gasteiger charge is -2.49. The van der Waals surface area contributed by atoms with Crippen LogP contribution in [0.3, 0.4) is 0 Å². The molecular weight excluding hydrogens is 569 g/mol. The smallest absolute Gasteiger partial charge is 0.352 e. The van der Waals surface area contributed by atoms with Crippen LogP contribution in [0, 0.1) is 15.9 Å². The normalized spacial score (nSPS) is 18.8. The second kappa shape index (κ2) is 12.4. The van der Waals surface area contributed by atoms with Crippen LogP contribution in [-0.4, -0.2) is 71.6 Å². The lowest BCUT2D eigenvalue weighted by molar-refractivity contribution is -0.385. The van der Waals surface area contributed by atoms with Crippen molar-refractivity contribution in [1.82, 2.24) is 10.2 Å². The van der Waals surface area contributed by atoms with Gasteiger partial charge in [0.25, 0.3) is 11.6 Å². The monoisotopic (exact) mass is 591 g/mol. The van der Waals surface area contributed by atoms with Crippen LogP contribution >= 0.6 is 11.8 Å². The summed E-state index contributed by atoms with van der Waals surface area (Å²) in [5, 5.41) is 22.5. The molecule has 2 N–H and O–H groups in total. The molecule has 0 aromatic heterocycles. The average Bonchev–Trinajstić information content (AvgIpc) is 2.91. The summed E-state index contributed by atoms with van der Waals surface area (Å²) in [6.45, 7) is 0. The summed E-state index contributed by atoms with van der Waals surface area (Å²) in [5.74, 6) is -5.22. The number of β-lactam (4-membered cyclic amide) rings is 1. The minimum Gasteiger partial charge on any atom is -0.477 e. The number of carboxylic acids is 1. The summed E-state index contributed by atoms with van der Waals surface area (Å²) in [6.07, 6.45) is -0.334. The molecule has 3 atom stereocenters. The van der Waals surface area contributed by atoms with Crippen LogP contribution in [0.1, 0.15) is 12.0 Å². The molecule has 4 rings (SSSR count). The summed E-state index contributed by atoms with van der Waals surface area (Å²) >= 11 is 1.23. The number of ether oxygens (including phenoxy) is 1. The van der Waals surface area contributed by atoms with Gasteiger partial charge in [0.15, 0.2) is 11.6 Å². The Bertz CT molecular complexity index is 1430. The van der Waals surface area contributed by atoms with E-state index in [1.54, 1.807) is 24.3 Å². The van der Waals surface area contributed by atoms with Gasteiger partial charge >= 0.3 is 11.9 Å². The molecule has 2 aromatic carbocycles. The fourth-order valence-corrected chi connectivity index (χ4v) is 6.76. The molecule has 1 saturated heterocycles. The number of rotatable bonds is 11. The van der Waals surface area contributed by atoms with Gasteiger partial charge in [-0.2, -0.15) is 0 Å². The van der Waals surface area contributed by atoms with E-state index in [0.717, 1.165) is 22.6 Å². The van der Waals surface area contributed by atoms with Crippen molar-refractivity contribution < 1.29 is 42.5 Å². The molecule has 2 aromatic rings. The topological polar surface area (TPSA) is 173 Å². The Balaban J connectivity index is 1.33. The average molecular weight is 592 g/mol. The number of hydrogen-bond donors (Lipinski definition) is 2. The fourth-order valence-electron chi connectivity index (χ4n) is 4.12. The fraction of sp³-hybridized carbons (Fsp3) is 0.280. The van der Waals surface area contributed by atoms with E-state index in [1.165, 1.54) is 11.8 Å². The highest BCUT2D eigenvalue weighted by molar-refractivity contribution is 8.00. The lowest BCUT2D eigenvalue weighted by Crippen LogP contribution is -2.70. The molecule has 2 aliphatic rings. The molecule has 0 radical (unpaired) electrons. The Labute approximate surface area is 233 Å². The minimum absolute atomic E-state index is 0.0626. The number of halogens is 1. The third-order valence-corrected chi connectivity index (χ3v) is 8.66. The van der Waals surface area contributed by atoms with Crippen molar-refractivity contribution in [1.29, 1.82) is 0 Å². The molecule has 40 heavy (non-hydrogen) atoms. The zero-order valence-corrected chi connectivity index (χ0v) is 22.2. The van der Waals surface area contributed by atoms with Gasteiger partial charge in [-0.05, 0) is 17.2 Å². The maximum atomic E-state index is 13.9. The molecule has 0 bridgehead atoms. The highest BCUT2D eigenvalue weighted by Crippen LogP contribution is 2.40. The molecule has 2 heterocycles. The van der Waals surface area contributed by atoms with E-state index in [1.807, 2.05) is 6.07 Å². The van der Waals surface area contributed by atoms with Crippen LogP contribution in [0.15, 0.2) is 59.8 Å². The molecule has 15 heteroatoms. The first-order chi connectivity index (χ1) is 19.0. The second-order valence-electron chi connectivity index (χ2n) is 8.76. The second-order valence-corrected chi connectivity index (χ2v) is 11.4. The van der Waals surface area contributed by atoms with Gasteiger partial charge in [0.05, 0.1) is 23.8 Å². The molecule has 0 saturated carbocycles. The van der Waals surface area contributed by atoms with Gasteiger partial charge in [-0.1, -0.05) is 30.3 Å². The van der Waals surface area contributed by atoms with E-state index in [0.29, 0.717) is 6.07 Å². The number of nitro benzene ring substituents is 1. The van der Waals surface area contributed by atoms with Crippen molar-refractivity contribution in [3.8, 4) is 5.75 Å². The van der Waals surface area contributed by atoms with E-state index >= 15 is 0 Å². The number of carbonyl (C=O) groups excluding carboxylic acids is 3. The number of aliphatic carboxylic acids is 1. The molecule has 0 aliphatic carbocycles. The van der Waals surface area contributed by atoms with Gasteiger partial charge < -0.3 is 15.2 Å². The molecule has 210 valence electrons. The summed E-state index contributed by atoms with van der Waals surface area (Å²) in [4.78, 5) is 60.3. The van der Waals surface area contributed by atoms with E-state index in [-0.39, 0.29) is 40.9 Å². The maximum absolute atomic E-state index is 13.9. The zero-order valence-electron chi connectivity index (χ0n) is 20.6. The molecule has 1 unspecified atom stereocenters. The van der Waals surface area contributed by atoms with Crippen molar-refractivity contribution in [3.05, 3.63) is 81.3 Å². The van der Waals surface area contributed by atoms with Crippen molar-refractivity contribution in [3.63, 3.8) is 0 Å². The van der Waals surface area contributed by atoms with Gasteiger partial charge in [-0.15, -0.1) is 11.8 Å². The molecule has 2 aliphatic heterocycles. The Morgan fingerprint density at radius 3 is 2.60 bits per heavy atom. The zero-order chi connectivity index (χ0) is 29.0. The number of nitrogens with one attached hydrogen (secondary N) is 1. The quantitative estimate of drug-likeness (QED) is 0.129. The van der Waals surface area contributed by atoms with E-state index in [9.17, 15) is 43.0 Å². The number of non-ortho nitro benzene ring substituents is 1. The standard InChI is InChI=1S/C25H22FN3O9S2/c26-17-11-16(29(35)36)6-7-18(17)38-20(31)8-9-40(37)13-15-12-39-24-21(23(32)28(24)22(15)25(33)34)27-19(30)10-14-4-2-1-3-5-14/h1-7,11,21,24H,8-10,12-13H2,(H,27,30)(H,33,34)/t21-,24-,40?/m1/s1. The number of esters is 1. The van der Waals surface area contributed by atoms with Gasteiger partial charge in [-0.25, -0.2) is 9.18 Å². The van der Waals surface area contributed by atoms with Gasteiger partial charge in [0.2, 0.25) is 5.91 Å². The first kappa shape index (κ1) is 28.9. The van der Waals surface area contributed by atoms with Crippen LogP contribution in [-0.2, 0) is 36.4 Å². The summed E-state index contributed by atoms with van der Waals surface area (Å²) in [5.41, 5.74) is 0.183. The first-order valence-electron chi connectivity index (χ1n) is 11.8. The molecule has 1 fully saturated rings. The number of carbonyl (C=O) groups is 4. The van der Waals surface area contributed by atoms with Crippen molar-refractivity contribution in [2.24, 2.45) is 0 Å². The van der Waals surface area contributed by atoms with Crippen LogP contribution in [0.2, 0.25) is 0 Å². The van der Waals surface area contributed by atoms with Crippen LogP contribution in [0.4, 0.5) is 10.1 Å². The first-order valence-corrected chi connectivity index (χ1v) is 14.3. The molecule has 12 nitrogen and oxygen atoms in total. The van der Waals surface area contributed by atoms with E-state index in [2.05, 4.69) is 5.32 Å². The minimum atomic E-state index is -1.73. The van der Waals surface area contributed by atoms with E-state index < -0.39 is 68.7 Å². The van der Waals surface area contributed by atoms with E-state index in [4.69, 9.17) is 4.74 Å². The summed E-state index contributed by atoms with van der Waals surface area (Å²) < 4.78 is 31.4. The number of nitro groups is 1. The number of thioether (sulfide) groups is 1. The number of amides is 2. The SMILES string of the molecule is O=C(Cc1ccccc1)N[C@@H]1C(=O)N2C(C(=O)O)=C(CS(=O)CCC(=O)Oc3ccc([N+](=O)[O-])cc3F)CS[C@H]12. The van der Waals surface area contributed by atoms with Gasteiger partial charge in [-0.3, -0.25) is 33.6 Å². The number of nitrogens with zero attached hydrogens (tertiary/aromatic N) is 2. The molecule has 2 amide bonds. The maximum Gasteiger partial charge on any atom is 0.352 e. The van der Waals surface area contributed by atoms with Crippen molar-refractivity contribution >= 4 is 52.0 Å². The third-order valence-electron chi connectivity index (χ3n) is 5.99. The van der Waals surface area contributed by atoms with Crippen LogP contribution < -0.4 is 10.1 Å². The predicted octanol–water partition coefficient (Wildman–Crippen LogP) is 1.76. The molecular formula is C25H22FN3O9S2. The summed E-state index contributed by atoms with van der Waals surface area (Å²) in [7, 11) is -1.73. The number of carboxylic acid groups (broad SMARTS) is 1. The van der Waals surface area contributed by atoms with Gasteiger partial charge in [0.1, 0.15) is 17.1 Å². The number of hydrogen-bond acceptors (Lipinski definition) is 9. The predicted molar refractivity (Wildman–Crippen MR) is 141 cm³/mol.